The molecule has 1 aromatic heterocycles. The monoisotopic (exact) mass is 260 g/mol. The van der Waals surface area contributed by atoms with E-state index >= 15 is 0 Å². The number of aromatic amines is 1. The molecule has 2 rings (SSSR count). The highest BCUT2D eigenvalue weighted by molar-refractivity contribution is 5.97. The fourth-order valence-corrected chi connectivity index (χ4v) is 1.75. The normalized spacial score (nSPS) is 11.9. The average molecular weight is 260 g/mol. The Balaban J connectivity index is 2.16. The summed E-state index contributed by atoms with van der Waals surface area (Å²) in [6.45, 7) is 1.88. The van der Waals surface area contributed by atoms with Crippen LogP contribution in [0, 0.1) is 0 Å². The third kappa shape index (κ3) is 2.85. The second-order valence-corrected chi connectivity index (χ2v) is 4.19. The molecule has 1 heterocycles. The number of nitrogen functional groups attached to an aromatic ring is 1. The number of carbonyl (C=O) groups excluding carboxylic acids is 1. The molecule has 1 atom stereocenters. The Morgan fingerprint density at radius 2 is 2.32 bits per heavy atom. The molecule has 0 saturated carbocycles. The van der Waals surface area contributed by atoms with E-state index in [0.717, 1.165) is 5.56 Å². The Labute approximate surface area is 111 Å². The third-order valence-corrected chi connectivity index (χ3v) is 2.84. The van der Waals surface area contributed by atoms with Crippen molar-refractivity contribution in [3.63, 3.8) is 0 Å². The number of anilines is 1. The summed E-state index contributed by atoms with van der Waals surface area (Å²) < 4.78 is 5.16. The molecule has 100 valence electrons. The van der Waals surface area contributed by atoms with E-state index in [-0.39, 0.29) is 11.9 Å². The molecule has 0 spiro atoms. The molecule has 0 bridgehead atoms. The molecule has 19 heavy (non-hydrogen) atoms. The molecule has 6 heteroatoms. The van der Waals surface area contributed by atoms with E-state index in [9.17, 15) is 4.79 Å². The fraction of sp³-hybridized carbons (Fsp3) is 0.231. The van der Waals surface area contributed by atoms with Crippen LogP contribution in [-0.2, 0) is 0 Å². The molecule has 0 saturated heterocycles. The zero-order chi connectivity index (χ0) is 13.8. The van der Waals surface area contributed by atoms with Crippen LogP contribution in [0.1, 0.15) is 28.9 Å². The van der Waals surface area contributed by atoms with Gasteiger partial charge < -0.3 is 15.8 Å². The summed E-state index contributed by atoms with van der Waals surface area (Å²) >= 11 is 0. The number of nitrogens with one attached hydrogen (secondary N) is 2. The van der Waals surface area contributed by atoms with E-state index in [2.05, 4.69) is 15.5 Å². The first kappa shape index (κ1) is 12.9. The number of rotatable bonds is 4. The van der Waals surface area contributed by atoms with Crippen molar-refractivity contribution in [3.8, 4) is 5.75 Å². The maximum Gasteiger partial charge on any atom is 0.255 e. The van der Waals surface area contributed by atoms with Gasteiger partial charge in [-0.15, -0.1) is 0 Å². The Bertz CT molecular complexity index is 566. The van der Waals surface area contributed by atoms with Crippen molar-refractivity contribution >= 4 is 11.6 Å². The summed E-state index contributed by atoms with van der Waals surface area (Å²) in [5.74, 6) is 0.238. The summed E-state index contributed by atoms with van der Waals surface area (Å²) in [7, 11) is 1.51. The van der Waals surface area contributed by atoms with Gasteiger partial charge in [-0.2, -0.15) is 5.10 Å². The number of benzene rings is 1. The first-order valence-corrected chi connectivity index (χ1v) is 5.85. The second kappa shape index (κ2) is 5.43. The van der Waals surface area contributed by atoms with Gasteiger partial charge in [-0.25, -0.2) is 0 Å². The summed E-state index contributed by atoms with van der Waals surface area (Å²) in [6, 6.07) is 4.79. The van der Waals surface area contributed by atoms with Gasteiger partial charge in [0.25, 0.3) is 5.91 Å². The summed E-state index contributed by atoms with van der Waals surface area (Å²) in [4.78, 5) is 12.2. The van der Waals surface area contributed by atoms with Crippen LogP contribution in [0.25, 0.3) is 0 Å². The molecule has 0 aliphatic rings. The van der Waals surface area contributed by atoms with E-state index in [0.29, 0.717) is 17.0 Å². The predicted octanol–water partition coefficient (Wildman–Crippen LogP) is 1.49. The van der Waals surface area contributed by atoms with E-state index in [1.807, 2.05) is 6.92 Å². The first-order valence-electron chi connectivity index (χ1n) is 5.85. The molecular weight excluding hydrogens is 244 g/mol. The van der Waals surface area contributed by atoms with Gasteiger partial charge in [0.2, 0.25) is 0 Å². The lowest BCUT2D eigenvalue weighted by Crippen LogP contribution is -2.26. The summed E-state index contributed by atoms with van der Waals surface area (Å²) in [5, 5.41) is 9.44. The minimum absolute atomic E-state index is 0.145. The largest absolute Gasteiger partial charge is 0.496 e. The molecule has 0 fully saturated rings. The van der Waals surface area contributed by atoms with Gasteiger partial charge in [0, 0.05) is 23.5 Å². The standard InChI is InChI=1S/C13H16N4O2/c1-8(9-6-15-16-7-9)17-13(18)11-4-3-10(14)5-12(11)19-2/h3-8H,14H2,1-2H3,(H,15,16)(H,17,18). The van der Waals surface area contributed by atoms with Crippen LogP contribution in [0.15, 0.2) is 30.6 Å². The highest BCUT2D eigenvalue weighted by Crippen LogP contribution is 2.22. The molecule has 6 nitrogen and oxygen atoms in total. The number of nitrogens with zero attached hydrogens (tertiary/aromatic N) is 1. The molecule has 0 aliphatic heterocycles. The zero-order valence-corrected chi connectivity index (χ0v) is 10.8. The number of hydrogen-bond donors (Lipinski definition) is 3. The van der Waals surface area contributed by atoms with Gasteiger partial charge in [0.1, 0.15) is 5.75 Å². The number of hydrogen-bond acceptors (Lipinski definition) is 4. The van der Waals surface area contributed by atoms with Crippen LogP contribution >= 0.6 is 0 Å². The molecule has 1 unspecified atom stereocenters. The highest BCUT2D eigenvalue weighted by Gasteiger charge is 2.16. The maximum absolute atomic E-state index is 12.2. The maximum atomic E-state index is 12.2. The Morgan fingerprint density at radius 3 is 2.95 bits per heavy atom. The number of methoxy groups -OCH3 is 1. The van der Waals surface area contributed by atoms with E-state index in [1.165, 1.54) is 7.11 Å². The minimum atomic E-state index is -0.217. The van der Waals surface area contributed by atoms with E-state index < -0.39 is 0 Å². The van der Waals surface area contributed by atoms with Crippen molar-refractivity contribution in [2.45, 2.75) is 13.0 Å². The lowest BCUT2D eigenvalue weighted by Gasteiger charge is -2.14. The number of amides is 1. The molecule has 0 aliphatic carbocycles. The van der Waals surface area contributed by atoms with Crippen molar-refractivity contribution in [3.05, 3.63) is 41.7 Å². The van der Waals surface area contributed by atoms with Gasteiger partial charge in [-0.1, -0.05) is 0 Å². The molecule has 4 N–H and O–H groups in total. The number of nitrogens with two attached hydrogens (primary N) is 1. The first-order chi connectivity index (χ1) is 9.11. The molecule has 2 aromatic rings. The quantitative estimate of drug-likeness (QED) is 0.726. The number of H-pyrrole nitrogens is 1. The third-order valence-electron chi connectivity index (χ3n) is 2.84. The van der Waals surface area contributed by atoms with Crippen LogP contribution < -0.4 is 15.8 Å². The van der Waals surface area contributed by atoms with Gasteiger partial charge in [0.15, 0.2) is 0 Å². The van der Waals surface area contributed by atoms with Gasteiger partial charge >= 0.3 is 0 Å². The number of carbonyl (C=O) groups is 1. The Morgan fingerprint density at radius 1 is 1.53 bits per heavy atom. The predicted molar refractivity (Wildman–Crippen MR) is 71.9 cm³/mol. The van der Waals surface area contributed by atoms with Crippen molar-refractivity contribution in [1.29, 1.82) is 0 Å². The number of aromatic nitrogens is 2. The molecule has 1 amide bonds. The van der Waals surface area contributed by atoms with Gasteiger partial charge in [-0.3, -0.25) is 9.89 Å². The summed E-state index contributed by atoms with van der Waals surface area (Å²) in [5.41, 5.74) is 7.57. The SMILES string of the molecule is COc1cc(N)ccc1C(=O)NC(C)c1cn[nH]c1. The van der Waals surface area contributed by atoms with Crippen LogP contribution in [0.2, 0.25) is 0 Å². The van der Waals surface area contributed by atoms with Gasteiger partial charge in [0.05, 0.1) is 24.9 Å². The zero-order valence-electron chi connectivity index (χ0n) is 10.8. The Hall–Kier alpha value is -2.50. The van der Waals surface area contributed by atoms with Crippen molar-refractivity contribution in [1.82, 2.24) is 15.5 Å². The lowest BCUT2D eigenvalue weighted by atomic mass is 10.1. The van der Waals surface area contributed by atoms with E-state index in [1.54, 1.807) is 30.6 Å². The van der Waals surface area contributed by atoms with Crippen molar-refractivity contribution < 1.29 is 9.53 Å². The second-order valence-electron chi connectivity index (χ2n) is 4.19. The van der Waals surface area contributed by atoms with Crippen molar-refractivity contribution in [2.75, 3.05) is 12.8 Å². The topological polar surface area (TPSA) is 93.0 Å². The molecular formula is C13H16N4O2. The number of ether oxygens (including phenoxy) is 1. The van der Waals surface area contributed by atoms with Crippen LogP contribution in [0.5, 0.6) is 5.75 Å². The minimum Gasteiger partial charge on any atom is -0.496 e. The van der Waals surface area contributed by atoms with Crippen LogP contribution in [0.3, 0.4) is 0 Å². The Kier molecular flexibility index (Phi) is 3.70. The molecule has 0 radical (unpaired) electrons. The van der Waals surface area contributed by atoms with Crippen LogP contribution in [0.4, 0.5) is 5.69 Å². The smallest absolute Gasteiger partial charge is 0.255 e. The van der Waals surface area contributed by atoms with Crippen LogP contribution in [-0.4, -0.2) is 23.2 Å². The van der Waals surface area contributed by atoms with Crippen molar-refractivity contribution in [2.24, 2.45) is 0 Å². The molecule has 1 aromatic carbocycles. The van der Waals surface area contributed by atoms with E-state index in [4.69, 9.17) is 10.5 Å². The van der Waals surface area contributed by atoms with Gasteiger partial charge in [-0.05, 0) is 19.1 Å². The highest BCUT2D eigenvalue weighted by atomic mass is 16.5. The average Bonchev–Trinajstić information content (AvgIpc) is 2.92. The fourth-order valence-electron chi connectivity index (χ4n) is 1.75. The summed E-state index contributed by atoms with van der Waals surface area (Å²) in [6.07, 6.45) is 3.41. The lowest BCUT2D eigenvalue weighted by molar-refractivity contribution is 0.0937.